The number of hydrogen-bond acceptors (Lipinski definition) is 6. The molecule has 0 spiro atoms. The molecule has 2 aromatic heterocycles. The molecule has 0 aliphatic rings. The van der Waals surface area contributed by atoms with E-state index in [-0.39, 0.29) is 24.0 Å². The zero-order valence-corrected chi connectivity index (χ0v) is 16.6. The lowest BCUT2D eigenvalue weighted by molar-refractivity contribution is -0.115. The van der Waals surface area contributed by atoms with E-state index in [1.807, 2.05) is 5.38 Å². The average Bonchev–Trinajstić information content (AvgIpc) is 3.34. The van der Waals surface area contributed by atoms with Gasteiger partial charge in [0, 0.05) is 28.9 Å². The number of carbonyl (C=O) groups is 1. The lowest BCUT2D eigenvalue weighted by Crippen LogP contribution is -2.14. The van der Waals surface area contributed by atoms with Crippen molar-refractivity contribution < 1.29 is 13.6 Å². The molecule has 0 bridgehead atoms. The number of benzene rings is 2. The van der Waals surface area contributed by atoms with Crippen molar-refractivity contribution in [3.63, 3.8) is 0 Å². The van der Waals surface area contributed by atoms with Crippen LogP contribution in [0.1, 0.15) is 16.3 Å². The van der Waals surface area contributed by atoms with E-state index < -0.39 is 0 Å². The fourth-order valence-corrected chi connectivity index (χ4v) is 4.04. The molecule has 29 heavy (non-hydrogen) atoms. The van der Waals surface area contributed by atoms with Crippen molar-refractivity contribution in [2.24, 2.45) is 0 Å². The van der Waals surface area contributed by atoms with Crippen LogP contribution >= 0.6 is 22.9 Å². The van der Waals surface area contributed by atoms with Gasteiger partial charge in [-0.05, 0) is 42.0 Å². The third-order valence-corrected chi connectivity index (χ3v) is 5.51. The molecule has 0 atom stereocenters. The number of aromatic nitrogens is 3. The van der Waals surface area contributed by atoms with E-state index in [9.17, 15) is 13.6 Å². The number of nitrogens with zero attached hydrogens (tertiary/aromatic N) is 3. The van der Waals surface area contributed by atoms with Crippen LogP contribution in [-0.4, -0.2) is 20.2 Å². The van der Waals surface area contributed by atoms with Gasteiger partial charge in [0.2, 0.25) is 11.0 Å². The first-order valence-electron chi connectivity index (χ1n) is 8.62. The second-order valence-electron chi connectivity index (χ2n) is 6.19. The van der Waals surface area contributed by atoms with E-state index in [2.05, 4.69) is 19.7 Å². The zero-order chi connectivity index (χ0) is 20.2. The molecule has 1 N–H and O–H groups in total. The molecule has 0 aliphatic carbocycles. The van der Waals surface area contributed by atoms with Gasteiger partial charge < -0.3 is 5.32 Å². The highest BCUT2D eigenvalue weighted by Crippen LogP contribution is 2.22. The number of hydrogen-bond donors (Lipinski definition) is 1. The standard InChI is InChI=1S/C20H14F2N4OS2/c21-14-5-1-12(2-6-14)9-18-23-16(11-28-18)10-17(27)24-20-25-19(26-29-20)13-3-7-15(22)8-4-13/h1-8,11H,9-10H2,(H,24,25,26,27). The fourth-order valence-electron chi connectivity index (χ4n) is 2.61. The van der Waals surface area contributed by atoms with Crippen LogP contribution in [0.25, 0.3) is 11.4 Å². The summed E-state index contributed by atoms with van der Waals surface area (Å²) in [5, 5.41) is 5.77. The van der Waals surface area contributed by atoms with Gasteiger partial charge in [0.1, 0.15) is 11.6 Å². The van der Waals surface area contributed by atoms with Gasteiger partial charge in [0.05, 0.1) is 17.1 Å². The third-order valence-electron chi connectivity index (χ3n) is 3.98. The van der Waals surface area contributed by atoms with Crippen molar-refractivity contribution in [2.75, 3.05) is 5.32 Å². The Morgan fingerprint density at radius 1 is 0.966 bits per heavy atom. The molecule has 2 heterocycles. The van der Waals surface area contributed by atoms with Gasteiger partial charge in [-0.2, -0.15) is 9.36 Å². The normalized spacial score (nSPS) is 10.8. The molecule has 146 valence electrons. The molecule has 0 saturated carbocycles. The largest absolute Gasteiger partial charge is 0.300 e. The van der Waals surface area contributed by atoms with Crippen molar-refractivity contribution in [3.8, 4) is 11.4 Å². The second-order valence-corrected chi connectivity index (χ2v) is 7.89. The van der Waals surface area contributed by atoms with Gasteiger partial charge in [0.15, 0.2) is 5.82 Å². The van der Waals surface area contributed by atoms with E-state index >= 15 is 0 Å². The molecule has 9 heteroatoms. The number of carbonyl (C=O) groups excluding carboxylic acids is 1. The molecule has 5 nitrogen and oxygen atoms in total. The molecular weight excluding hydrogens is 414 g/mol. The summed E-state index contributed by atoms with van der Waals surface area (Å²) in [6, 6.07) is 12.1. The van der Waals surface area contributed by atoms with Crippen molar-refractivity contribution in [3.05, 3.63) is 81.8 Å². The summed E-state index contributed by atoms with van der Waals surface area (Å²) < 4.78 is 30.2. The molecule has 0 unspecified atom stereocenters. The van der Waals surface area contributed by atoms with Crippen LogP contribution in [0, 0.1) is 11.6 Å². The van der Waals surface area contributed by atoms with Crippen LogP contribution in [0.15, 0.2) is 53.9 Å². The molecule has 0 radical (unpaired) electrons. The lowest BCUT2D eigenvalue weighted by Gasteiger charge is -1.99. The van der Waals surface area contributed by atoms with E-state index in [4.69, 9.17) is 0 Å². The first-order chi connectivity index (χ1) is 14.0. The molecule has 4 rings (SSSR count). The Morgan fingerprint density at radius 2 is 1.66 bits per heavy atom. The van der Waals surface area contributed by atoms with Gasteiger partial charge in [-0.1, -0.05) is 12.1 Å². The number of amides is 1. The lowest BCUT2D eigenvalue weighted by atomic mass is 10.1. The Labute approximate surface area is 173 Å². The van der Waals surface area contributed by atoms with Gasteiger partial charge in [-0.15, -0.1) is 11.3 Å². The monoisotopic (exact) mass is 428 g/mol. The molecule has 1 amide bonds. The van der Waals surface area contributed by atoms with Crippen molar-refractivity contribution >= 4 is 33.9 Å². The minimum Gasteiger partial charge on any atom is -0.300 e. The predicted molar refractivity (Wildman–Crippen MR) is 109 cm³/mol. The van der Waals surface area contributed by atoms with Crippen LogP contribution in [0.2, 0.25) is 0 Å². The Balaban J connectivity index is 1.35. The second kappa shape index (κ2) is 8.54. The maximum absolute atomic E-state index is 13.0. The quantitative estimate of drug-likeness (QED) is 0.483. The summed E-state index contributed by atoms with van der Waals surface area (Å²) >= 11 is 2.52. The Bertz CT molecular complexity index is 1120. The van der Waals surface area contributed by atoms with Gasteiger partial charge in [0.25, 0.3) is 0 Å². The number of halogens is 2. The smallest absolute Gasteiger partial charge is 0.232 e. The fraction of sp³-hybridized carbons (Fsp3) is 0.100. The van der Waals surface area contributed by atoms with Gasteiger partial charge in [-0.25, -0.2) is 13.8 Å². The molecule has 4 aromatic rings. The highest BCUT2D eigenvalue weighted by Gasteiger charge is 2.12. The Kier molecular flexibility index (Phi) is 5.68. The third kappa shape index (κ3) is 5.07. The van der Waals surface area contributed by atoms with E-state index in [0.29, 0.717) is 28.6 Å². The SMILES string of the molecule is O=C(Cc1csc(Cc2ccc(F)cc2)n1)Nc1nc(-c2ccc(F)cc2)ns1. The molecule has 0 aliphatic heterocycles. The summed E-state index contributed by atoms with van der Waals surface area (Å²) in [6.07, 6.45) is 0.704. The summed E-state index contributed by atoms with van der Waals surface area (Å²) in [4.78, 5) is 21.0. The maximum atomic E-state index is 13.0. The number of anilines is 1. The number of rotatable bonds is 6. The maximum Gasteiger partial charge on any atom is 0.232 e. The topological polar surface area (TPSA) is 67.8 Å². The van der Waals surface area contributed by atoms with Crippen LogP contribution in [-0.2, 0) is 17.6 Å². The van der Waals surface area contributed by atoms with E-state index in [0.717, 1.165) is 22.1 Å². The Hall–Kier alpha value is -3.04. The van der Waals surface area contributed by atoms with Crippen LogP contribution < -0.4 is 5.32 Å². The molecule has 0 fully saturated rings. The minimum atomic E-state index is -0.334. The van der Waals surface area contributed by atoms with Crippen LogP contribution in [0.4, 0.5) is 13.9 Å². The van der Waals surface area contributed by atoms with E-state index in [1.165, 1.54) is 35.6 Å². The highest BCUT2D eigenvalue weighted by molar-refractivity contribution is 7.10. The summed E-state index contributed by atoms with van der Waals surface area (Å²) in [6.45, 7) is 0. The van der Waals surface area contributed by atoms with Crippen LogP contribution in [0.3, 0.4) is 0 Å². The summed E-state index contributed by atoms with van der Waals surface area (Å²) in [7, 11) is 0. The minimum absolute atomic E-state index is 0.116. The number of thiazole rings is 1. The molecule has 0 saturated heterocycles. The zero-order valence-electron chi connectivity index (χ0n) is 14.9. The van der Waals surface area contributed by atoms with Gasteiger partial charge in [-0.3, -0.25) is 4.79 Å². The highest BCUT2D eigenvalue weighted by atomic mass is 32.1. The number of nitrogens with one attached hydrogen (secondary N) is 1. The van der Waals surface area contributed by atoms with Crippen molar-refractivity contribution in [1.82, 2.24) is 14.3 Å². The Morgan fingerprint density at radius 3 is 2.38 bits per heavy atom. The van der Waals surface area contributed by atoms with E-state index in [1.54, 1.807) is 24.3 Å². The van der Waals surface area contributed by atoms with Crippen LogP contribution in [0.5, 0.6) is 0 Å². The predicted octanol–water partition coefficient (Wildman–Crippen LogP) is 4.71. The summed E-state index contributed by atoms with van der Waals surface area (Å²) in [5.41, 5.74) is 2.29. The average molecular weight is 428 g/mol. The summed E-state index contributed by atoms with van der Waals surface area (Å²) in [5.74, 6) is -0.421. The van der Waals surface area contributed by atoms with Crippen molar-refractivity contribution in [2.45, 2.75) is 12.8 Å². The first-order valence-corrected chi connectivity index (χ1v) is 10.3. The first kappa shape index (κ1) is 19.3. The molecule has 2 aromatic carbocycles. The van der Waals surface area contributed by atoms with Gasteiger partial charge >= 0.3 is 0 Å². The molecular formula is C20H14F2N4OS2. The van der Waals surface area contributed by atoms with Crippen molar-refractivity contribution in [1.29, 1.82) is 0 Å².